The van der Waals surface area contributed by atoms with E-state index in [1.807, 2.05) is 0 Å². The molecule has 3 fully saturated rings. The maximum absolute atomic E-state index is 2.49. The lowest BCUT2D eigenvalue weighted by Gasteiger charge is -2.44. The average molecular weight is 279 g/mol. The lowest BCUT2D eigenvalue weighted by molar-refractivity contribution is 0.0600. The van der Waals surface area contributed by atoms with Gasteiger partial charge in [-0.25, -0.2) is 0 Å². The molecule has 118 valence electrons. The molecule has 6 atom stereocenters. The van der Waals surface area contributed by atoms with Crippen LogP contribution >= 0.6 is 0 Å². The minimum Gasteiger partial charge on any atom is -0.0654 e. The highest BCUT2D eigenvalue weighted by Gasteiger charge is 2.37. The third-order valence-electron chi connectivity index (χ3n) is 6.66. The number of hydrogen-bond acceptors (Lipinski definition) is 0. The second-order valence-corrected chi connectivity index (χ2v) is 8.10. The van der Waals surface area contributed by atoms with Crippen molar-refractivity contribution >= 4 is 0 Å². The van der Waals surface area contributed by atoms with Crippen LogP contribution in [0.4, 0.5) is 0 Å². The summed E-state index contributed by atoms with van der Waals surface area (Å²) in [6.07, 6.45) is 15.0. The molecule has 0 saturated heterocycles. The summed E-state index contributed by atoms with van der Waals surface area (Å²) >= 11 is 0. The van der Waals surface area contributed by atoms with Crippen molar-refractivity contribution in [1.29, 1.82) is 0 Å². The first-order chi connectivity index (χ1) is 9.67. The van der Waals surface area contributed by atoms with Crippen molar-refractivity contribution in [3.63, 3.8) is 0 Å². The summed E-state index contributed by atoms with van der Waals surface area (Å²) in [5.41, 5.74) is 0. The molecule has 3 aliphatic rings. The second-order valence-electron chi connectivity index (χ2n) is 8.10. The zero-order chi connectivity index (χ0) is 14.5. The first kappa shape index (κ1) is 16.4. The summed E-state index contributed by atoms with van der Waals surface area (Å²) in [5.74, 6) is 6.52. The van der Waals surface area contributed by atoms with E-state index < -0.39 is 0 Å². The lowest BCUT2D eigenvalue weighted by atomic mass is 9.61. The van der Waals surface area contributed by atoms with Gasteiger partial charge in [0.05, 0.1) is 0 Å². The van der Waals surface area contributed by atoms with Gasteiger partial charge in [0.2, 0.25) is 0 Å². The second kappa shape index (κ2) is 7.85. The molecule has 0 radical (unpaired) electrons. The van der Waals surface area contributed by atoms with Gasteiger partial charge in [0, 0.05) is 0 Å². The fourth-order valence-corrected chi connectivity index (χ4v) is 5.12. The van der Waals surface area contributed by atoms with E-state index in [2.05, 4.69) is 27.7 Å². The number of rotatable bonds is 3. The Morgan fingerprint density at radius 2 is 1.40 bits per heavy atom. The van der Waals surface area contributed by atoms with Crippen LogP contribution in [0.5, 0.6) is 0 Å². The zero-order valence-electron chi connectivity index (χ0n) is 14.5. The van der Waals surface area contributed by atoms with Gasteiger partial charge in [-0.15, -0.1) is 0 Å². The summed E-state index contributed by atoms with van der Waals surface area (Å²) in [7, 11) is 0. The summed E-state index contributed by atoms with van der Waals surface area (Å²) in [6.45, 7) is 9.51. The molecule has 3 saturated carbocycles. The van der Waals surface area contributed by atoms with Gasteiger partial charge in [-0.05, 0) is 54.8 Å². The topological polar surface area (TPSA) is 0 Å². The largest absolute Gasteiger partial charge is 0.0654 e. The highest BCUT2D eigenvalue weighted by molar-refractivity contribution is 4.87. The molecule has 0 aromatic heterocycles. The van der Waals surface area contributed by atoms with Crippen molar-refractivity contribution in [3.8, 4) is 0 Å². The molecule has 0 aliphatic heterocycles. The monoisotopic (exact) mass is 278 g/mol. The van der Waals surface area contributed by atoms with Crippen LogP contribution in [-0.2, 0) is 0 Å². The molecule has 0 N–H and O–H groups in total. The summed E-state index contributed by atoms with van der Waals surface area (Å²) in [6, 6.07) is 0. The molecule has 0 aromatic carbocycles. The quantitative estimate of drug-likeness (QED) is 0.539. The normalized spacial score (nSPS) is 43.2. The minimum atomic E-state index is 1.04. The van der Waals surface area contributed by atoms with E-state index in [1.165, 1.54) is 51.4 Å². The number of hydrogen-bond donors (Lipinski definition) is 0. The standard InChI is InChI=1S/C13H24.C7H14/c1-3-11-7-5-8-12-10(2)6-4-9-13(11)12;1-3-4-7-5-6(7)2/h10-13H,3-9H2,1-2H3;6-7H,3-5H2,1-2H3. The van der Waals surface area contributed by atoms with Gasteiger partial charge in [0.1, 0.15) is 0 Å². The van der Waals surface area contributed by atoms with Gasteiger partial charge in [-0.2, -0.15) is 0 Å². The molecule has 0 amide bonds. The predicted octanol–water partition coefficient (Wildman–Crippen LogP) is 6.69. The van der Waals surface area contributed by atoms with Gasteiger partial charge in [0.25, 0.3) is 0 Å². The summed E-state index contributed by atoms with van der Waals surface area (Å²) in [5, 5.41) is 0. The molecule has 0 heteroatoms. The maximum atomic E-state index is 2.49. The molecule has 0 heterocycles. The van der Waals surface area contributed by atoms with Gasteiger partial charge in [-0.1, -0.05) is 72.6 Å². The van der Waals surface area contributed by atoms with Crippen molar-refractivity contribution in [2.45, 2.75) is 91.9 Å². The Hall–Kier alpha value is 0. The molecule has 0 aromatic rings. The third kappa shape index (κ3) is 4.25. The summed E-state index contributed by atoms with van der Waals surface area (Å²) < 4.78 is 0. The van der Waals surface area contributed by atoms with Crippen molar-refractivity contribution in [1.82, 2.24) is 0 Å². The Bertz CT molecular complexity index is 269. The highest BCUT2D eigenvalue weighted by Crippen LogP contribution is 2.47. The first-order valence-electron chi connectivity index (χ1n) is 9.67. The average Bonchev–Trinajstić information content (AvgIpc) is 3.15. The Kier molecular flexibility index (Phi) is 6.43. The Morgan fingerprint density at radius 3 is 1.95 bits per heavy atom. The molecule has 20 heavy (non-hydrogen) atoms. The molecule has 3 aliphatic carbocycles. The van der Waals surface area contributed by atoms with Crippen molar-refractivity contribution in [2.75, 3.05) is 0 Å². The van der Waals surface area contributed by atoms with E-state index in [9.17, 15) is 0 Å². The van der Waals surface area contributed by atoms with Gasteiger partial charge in [0.15, 0.2) is 0 Å². The van der Waals surface area contributed by atoms with Crippen LogP contribution in [0, 0.1) is 35.5 Å². The molecule has 3 rings (SSSR count). The molecule has 0 bridgehead atoms. The van der Waals surface area contributed by atoms with Crippen LogP contribution in [0.1, 0.15) is 91.9 Å². The molecule has 0 nitrogen and oxygen atoms in total. The SMILES string of the molecule is CCC1CCCC2C(C)CCCC12.CCCC1CC1C. The third-order valence-corrected chi connectivity index (χ3v) is 6.66. The zero-order valence-corrected chi connectivity index (χ0v) is 14.5. The molecule has 0 spiro atoms. The van der Waals surface area contributed by atoms with Crippen LogP contribution in [0.2, 0.25) is 0 Å². The predicted molar refractivity (Wildman–Crippen MR) is 89.8 cm³/mol. The van der Waals surface area contributed by atoms with E-state index in [-0.39, 0.29) is 0 Å². The minimum absolute atomic E-state index is 1.04. The van der Waals surface area contributed by atoms with Gasteiger partial charge < -0.3 is 0 Å². The molecular formula is C20H38. The van der Waals surface area contributed by atoms with Crippen LogP contribution in [0.15, 0.2) is 0 Å². The molecule has 6 unspecified atom stereocenters. The highest BCUT2D eigenvalue weighted by atomic mass is 14.4. The Morgan fingerprint density at radius 1 is 0.750 bits per heavy atom. The lowest BCUT2D eigenvalue weighted by Crippen LogP contribution is -2.35. The van der Waals surface area contributed by atoms with Crippen LogP contribution < -0.4 is 0 Å². The van der Waals surface area contributed by atoms with Crippen LogP contribution in [0.25, 0.3) is 0 Å². The van der Waals surface area contributed by atoms with E-state index in [0.29, 0.717) is 0 Å². The fraction of sp³-hybridized carbons (Fsp3) is 1.00. The van der Waals surface area contributed by atoms with E-state index >= 15 is 0 Å². The maximum Gasteiger partial charge on any atom is -0.0355 e. The van der Waals surface area contributed by atoms with Gasteiger partial charge in [-0.3, -0.25) is 0 Å². The molecular weight excluding hydrogens is 240 g/mol. The smallest absolute Gasteiger partial charge is 0.0355 e. The van der Waals surface area contributed by atoms with E-state index in [4.69, 9.17) is 0 Å². The fourth-order valence-electron chi connectivity index (χ4n) is 5.12. The van der Waals surface area contributed by atoms with Crippen molar-refractivity contribution < 1.29 is 0 Å². The Balaban J connectivity index is 0.000000178. The van der Waals surface area contributed by atoms with E-state index in [0.717, 1.165) is 35.5 Å². The number of fused-ring (bicyclic) bond motifs is 1. The first-order valence-corrected chi connectivity index (χ1v) is 9.67. The van der Waals surface area contributed by atoms with Gasteiger partial charge >= 0.3 is 0 Å². The van der Waals surface area contributed by atoms with Crippen molar-refractivity contribution in [3.05, 3.63) is 0 Å². The van der Waals surface area contributed by atoms with Crippen molar-refractivity contribution in [2.24, 2.45) is 35.5 Å². The summed E-state index contributed by atoms with van der Waals surface area (Å²) in [4.78, 5) is 0. The van der Waals surface area contributed by atoms with E-state index in [1.54, 1.807) is 12.8 Å². The van der Waals surface area contributed by atoms with Crippen LogP contribution in [0.3, 0.4) is 0 Å². The van der Waals surface area contributed by atoms with Crippen LogP contribution in [-0.4, -0.2) is 0 Å². The Labute approximate surface area is 128 Å².